The summed E-state index contributed by atoms with van der Waals surface area (Å²) < 4.78 is 10.1. The SMILES string of the molecule is CCC(N)(CC)COCc1nonc1C. The van der Waals surface area contributed by atoms with Crippen LogP contribution < -0.4 is 5.73 Å². The van der Waals surface area contributed by atoms with Crippen molar-refractivity contribution in [2.45, 2.75) is 45.8 Å². The fourth-order valence-corrected chi connectivity index (χ4v) is 1.19. The molecule has 1 heterocycles. The number of nitrogens with zero attached hydrogens (tertiary/aromatic N) is 2. The van der Waals surface area contributed by atoms with Gasteiger partial charge in [0, 0.05) is 5.54 Å². The van der Waals surface area contributed by atoms with Crippen molar-refractivity contribution in [3.8, 4) is 0 Å². The third-order valence-corrected chi connectivity index (χ3v) is 2.78. The van der Waals surface area contributed by atoms with E-state index in [1.807, 2.05) is 6.92 Å². The van der Waals surface area contributed by atoms with E-state index < -0.39 is 0 Å². The standard InChI is InChI=1S/C10H19N3O2/c1-4-10(11,5-2)7-14-6-9-8(3)12-15-13-9/h4-7,11H2,1-3H3. The summed E-state index contributed by atoms with van der Waals surface area (Å²) in [4.78, 5) is 0. The maximum atomic E-state index is 6.09. The van der Waals surface area contributed by atoms with Crippen molar-refractivity contribution >= 4 is 0 Å². The van der Waals surface area contributed by atoms with Gasteiger partial charge < -0.3 is 10.5 Å². The molecule has 2 N–H and O–H groups in total. The summed E-state index contributed by atoms with van der Waals surface area (Å²) in [6.45, 7) is 6.91. The largest absolute Gasteiger partial charge is 0.373 e. The molecule has 0 spiro atoms. The molecular formula is C10H19N3O2. The van der Waals surface area contributed by atoms with Gasteiger partial charge in [-0.1, -0.05) is 24.2 Å². The fraction of sp³-hybridized carbons (Fsp3) is 0.800. The van der Waals surface area contributed by atoms with Gasteiger partial charge in [0.15, 0.2) is 0 Å². The van der Waals surface area contributed by atoms with E-state index in [1.54, 1.807) is 0 Å². The predicted molar refractivity (Wildman–Crippen MR) is 56.2 cm³/mol. The first kappa shape index (κ1) is 12.1. The zero-order valence-electron chi connectivity index (χ0n) is 9.62. The Morgan fingerprint density at radius 3 is 2.47 bits per heavy atom. The van der Waals surface area contributed by atoms with Gasteiger partial charge in [0.25, 0.3) is 0 Å². The average molecular weight is 213 g/mol. The van der Waals surface area contributed by atoms with Crippen LogP contribution in [-0.2, 0) is 11.3 Å². The molecule has 0 aliphatic carbocycles. The molecule has 1 rings (SSSR count). The number of rotatable bonds is 6. The average Bonchev–Trinajstić information content (AvgIpc) is 2.64. The first-order chi connectivity index (χ1) is 7.11. The summed E-state index contributed by atoms with van der Waals surface area (Å²) in [5.74, 6) is 0. The Hall–Kier alpha value is -0.940. The van der Waals surface area contributed by atoms with Gasteiger partial charge in [-0.05, 0) is 19.8 Å². The van der Waals surface area contributed by atoms with Crippen LogP contribution in [0.5, 0.6) is 0 Å². The molecule has 0 aromatic carbocycles. The van der Waals surface area contributed by atoms with Crippen LogP contribution in [0.3, 0.4) is 0 Å². The molecule has 0 unspecified atom stereocenters. The van der Waals surface area contributed by atoms with E-state index in [4.69, 9.17) is 10.5 Å². The van der Waals surface area contributed by atoms with Gasteiger partial charge in [0.1, 0.15) is 11.4 Å². The molecule has 15 heavy (non-hydrogen) atoms. The molecule has 5 heteroatoms. The number of aryl methyl sites for hydroxylation is 1. The summed E-state index contributed by atoms with van der Waals surface area (Å²) in [6, 6.07) is 0. The van der Waals surface area contributed by atoms with Gasteiger partial charge in [0.2, 0.25) is 0 Å². The summed E-state index contributed by atoms with van der Waals surface area (Å²) >= 11 is 0. The highest BCUT2D eigenvalue weighted by atomic mass is 16.6. The van der Waals surface area contributed by atoms with Gasteiger partial charge in [-0.25, -0.2) is 4.63 Å². The first-order valence-electron chi connectivity index (χ1n) is 5.26. The van der Waals surface area contributed by atoms with Gasteiger partial charge in [0.05, 0.1) is 13.2 Å². The number of hydrogen-bond donors (Lipinski definition) is 1. The fourth-order valence-electron chi connectivity index (χ4n) is 1.19. The molecule has 0 aliphatic heterocycles. The molecule has 1 aromatic heterocycles. The Morgan fingerprint density at radius 1 is 1.33 bits per heavy atom. The van der Waals surface area contributed by atoms with Gasteiger partial charge in [-0.15, -0.1) is 0 Å². The summed E-state index contributed by atoms with van der Waals surface area (Å²) in [6.07, 6.45) is 1.80. The minimum atomic E-state index is -0.231. The van der Waals surface area contributed by atoms with Gasteiger partial charge >= 0.3 is 0 Å². The van der Waals surface area contributed by atoms with Crippen LogP contribution in [0.25, 0.3) is 0 Å². The topological polar surface area (TPSA) is 74.2 Å². The Morgan fingerprint density at radius 2 is 2.00 bits per heavy atom. The van der Waals surface area contributed by atoms with Crippen LogP contribution in [0.1, 0.15) is 38.1 Å². The van der Waals surface area contributed by atoms with E-state index in [0.29, 0.717) is 13.2 Å². The van der Waals surface area contributed by atoms with E-state index >= 15 is 0 Å². The zero-order chi connectivity index (χ0) is 11.3. The second-order valence-corrected chi connectivity index (χ2v) is 3.86. The maximum Gasteiger partial charge on any atom is 0.133 e. The smallest absolute Gasteiger partial charge is 0.133 e. The normalized spacial score (nSPS) is 12.0. The van der Waals surface area contributed by atoms with Crippen LogP contribution >= 0.6 is 0 Å². The summed E-state index contributed by atoms with van der Waals surface area (Å²) in [5, 5.41) is 7.41. The Bertz CT molecular complexity index is 295. The number of hydrogen-bond acceptors (Lipinski definition) is 5. The highest BCUT2D eigenvalue weighted by Crippen LogP contribution is 2.12. The van der Waals surface area contributed by atoms with Gasteiger partial charge in [-0.3, -0.25) is 0 Å². The Labute approximate surface area is 89.9 Å². The number of ether oxygens (including phenoxy) is 1. The summed E-state index contributed by atoms with van der Waals surface area (Å²) in [5.41, 5.74) is 7.37. The molecule has 0 saturated carbocycles. The number of nitrogens with two attached hydrogens (primary N) is 1. The van der Waals surface area contributed by atoms with Crippen molar-refractivity contribution in [2.24, 2.45) is 5.73 Å². The zero-order valence-corrected chi connectivity index (χ0v) is 9.62. The third kappa shape index (κ3) is 3.28. The molecule has 0 bridgehead atoms. The van der Waals surface area contributed by atoms with Crippen LogP contribution in [0.15, 0.2) is 4.63 Å². The first-order valence-corrected chi connectivity index (χ1v) is 5.26. The van der Waals surface area contributed by atoms with Crippen LogP contribution in [0.4, 0.5) is 0 Å². The maximum absolute atomic E-state index is 6.09. The van der Waals surface area contributed by atoms with Crippen LogP contribution in [0, 0.1) is 6.92 Å². The second kappa shape index (κ2) is 5.23. The molecular weight excluding hydrogens is 194 g/mol. The molecule has 5 nitrogen and oxygen atoms in total. The minimum Gasteiger partial charge on any atom is -0.373 e. The molecule has 0 amide bonds. The second-order valence-electron chi connectivity index (χ2n) is 3.86. The predicted octanol–water partition coefficient (Wildman–Crippen LogP) is 1.41. The highest BCUT2D eigenvalue weighted by molar-refractivity contribution is 5.02. The van der Waals surface area contributed by atoms with Crippen molar-refractivity contribution in [3.05, 3.63) is 11.4 Å². The van der Waals surface area contributed by atoms with E-state index in [1.165, 1.54) is 0 Å². The van der Waals surface area contributed by atoms with E-state index in [0.717, 1.165) is 24.2 Å². The lowest BCUT2D eigenvalue weighted by Crippen LogP contribution is -2.43. The summed E-state index contributed by atoms with van der Waals surface area (Å²) in [7, 11) is 0. The van der Waals surface area contributed by atoms with Crippen LogP contribution in [0.2, 0.25) is 0 Å². The Balaban J connectivity index is 2.36. The van der Waals surface area contributed by atoms with Crippen molar-refractivity contribution < 1.29 is 9.37 Å². The Kier molecular flexibility index (Phi) is 4.23. The lowest BCUT2D eigenvalue weighted by atomic mass is 9.96. The van der Waals surface area contributed by atoms with Crippen molar-refractivity contribution in [2.75, 3.05) is 6.61 Å². The van der Waals surface area contributed by atoms with Gasteiger partial charge in [-0.2, -0.15) is 0 Å². The van der Waals surface area contributed by atoms with Crippen molar-refractivity contribution in [1.29, 1.82) is 0 Å². The minimum absolute atomic E-state index is 0.231. The lowest BCUT2D eigenvalue weighted by molar-refractivity contribution is 0.0658. The number of aromatic nitrogens is 2. The quantitative estimate of drug-likeness (QED) is 0.773. The highest BCUT2D eigenvalue weighted by Gasteiger charge is 2.20. The molecule has 0 aliphatic rings. The molecule has 0 atom stereocenters. The van der Waals surface area contributed by atoms with Crippen molar-refractivity contribution in [1.82, 2.24) is 10.3 Å². The molecule has 86 valence electrons. The van der Waals surface area contributed by atoms with E-state index in [-0.39, 0.29) is 5.54 Å². The molecule has 1 aromatic rings. The van der Waals surface area contributed by atoms with E-state index in [9.17, 15) is 0 Å². The molecule has 0 radical (unpaired) electrons. The van der Waals surface area contributed by atoms with Crippen LogP contribution in [-0.4, -0.2) is 22.5 Å². The molecule has 0 fully saturated rings. The van der Waals surface area contributed by atoms with Crippen molar-refractivity contribution in [3.63, 3.8) is 0 Å². The lowest BCUT2D eigenvalue weighted by Gasteiger charge is -2.25. The van der Waals surface area contributed by atoms with E-state index in [2.05, 4.69) is 28.8 Å². The molecule has 0 saturated heterocycles. The third-order valence-electron chi connectivity index (χ3n) is 2.78. The monoisotopic (exact) mass is 213 g/mol.